The third-order valence-corrected chi connectivity index (χ3v) is 4.63. The summed E-state index contributed by atoms with van der Waals surface area (Å²) in [5.41, 5.74) is 0. The topological polar surface area (TPSA) is 113 Å². The maximum Gasteiger partial charge on any atom is 0.321 e. The zero-order valence-electron chi connectivity index (χ0n) is 12.6. The smallest absolute Gasteiger partial charge is 0.321 e. The molecule has 2 aromatic rings. The van der Waals surface area contributed by atoms with Crippen molar-refractivity contribution in [3.05, 3.63) is 54.6 Å². The quantitative estimate of drug-likeness (QED) is 0.666. The zero-order valence-corrected chi connectivity index (χ0v) is 13.4. The van der Waals surface area contributed by atoms with Crippen LogP contribution in [0, 0.1) is 0 Å². The highest BCUT2D eigenvalue weighted by Crippen LogP contribution is 2.28. The number of hydrogen-bond donors (Lipinski definition) is 3. The molecule has 0 fully saturated rings. The van der Waals surface area contributed by atoms with Crippen LogP contribution in [0.4, 0.5) is 0 Å². The lowest BCUT2D eigenvalue weighted by atomic mass is 10.2. The van der Waals surface area contributed by atoms with E-state index >= 15 is 0 Å². The molecule has 0 amide bonds. The van der Waals surface area contributed by atoms with Gasteiger partial charge in [-0.15, -0.1) is 0 Å². The van der Waals surface area contributed by atoms with Gasteiger partial charge in [-0.05, 0) is 30.7 Å². The number of carbonyl (C=O) groups is 1. The predicted molar refractivity (Wildman–Crippen MR) is 86.4 cm³/mol. The Labute approximate surface area is 139 Å². The lowest BCUT2D eigenvalue weighted by molar-refractivity contribution is -0.139. The van der Waals surface area contributed by atoms with E-state index in [9.17, 15) is 13.2 Å². The molecular weight excluding hydrogens is 334 g/mol. The fourth-order valence-electron chi connectivity index (χ4n) is 1.98. The van der Waals surface area contributed by atoms with Gasteiger partial charge in [0.15, 0.2) is 0 Å². The van der Waals surface area contributed by atoms with Crippen LogP contribution in [0.5, 0.6) is 11.5 Å². The number of ether oxygens (including phenoxy) is 1. The number of sulfonamides is 1. The lowest BCUT2D eigenvalue weighted by Crippen LogP contribution is -2.41. The number of nitrogens with one attached hydrogen (secondary N) is 1. The molecule has 0 heterocycles. The van der Waals surface area contributed by atoms with Gasteiger partial charge in [0.05, 0.1) is 0 Å². The van der Waals surface area contributed by atoms with Crippen molar-refractivity contribution in [3.8, 4) is 11.5 Å². The number of aliphatic hydroxyl groups excluding tert-OH is 1. The van der Waals surface area contributed by atoms with Crippen LogP contribution in [0.25, 0.3) is 0 Å². The summed E-state index contributed by atoms with van der Waals surface area (Å²) in [5, 5.41) is 17.9. The van der Waals surface area contributed by atoms with Gasteiger partial charge in [-0.2, -0.15) is 4.72 Å². The van der Waals surface area contributed by atoms with Crippen molar-refractivity contribution in [1.29, 1.82) is 0 Å². The SMILES string of the molecule is O=C(O)C(CCO)NS(=O)(=O)c1ccccc1Oc1ccccc1. The van der Waals surface area contributed by atoms with Gasteiger partial charge in [-0.25, -0.2) is 8.42 Å². The van der Waals surface area contributed by atoms with Gasteiger partial charge in [-0.1, -0.05) is 30.3 Å². The normalized spacial score (nSPS) is 12.5. The summed E-state index contributed by atoms with van der Waals surface area (Å²) in [4.78, 5) is 10.9. The van der Waals surface area contributed by atoms with Gasteiger partial charge in [0.1, 0.15) is 22.4 Å². The van der Waals surface area contributed by atoms with Crippen LogP contribution in [0.1, 0.15) is 6.42 Å². The molecule has 0 saturated carbocycles. The van der Waals surface area contributed by atoms with Crippen molar-refractivity contribution < 1.29 is 28.2 Å². The molecule has 128 valence electrons. The Hall–Kier alpha value is -2.42. The van der Waals surface area contributed by atoms with Crippen LogP contribution in [-0.2, 0) is 14.8 Å². The van der Waals surface area contributed by atoms with Crippen LogP contribution >= 0.6 is 0 Å². The second kappa shape index (κ2) is 7.91. The van der Waals surface area contributed by atoms with Gasteiger partial charge >= 0.3 is 5.97 Å². The molecule has 3 N–H and O–H groups in total. The predicted octanol–water partition coefficient (Wildman–Crippen LogP) is 1.59. The number of carboxylic acid groups (broad SMARTS) is 1. The maximum absolute atomic E-state index is 12.5. The molecule has 8 heteroatoms. The Morgan fingerprint density at radius 3 is 2.33 bits per heavy atom. The Balaban J connectivity index is 2.32. The second-order valence-corrected chi connectivity index (χ2v) is 6.57. The highest BCUT2D eigenvalue weighted by Gasteiger charge is 2.27. The maximum atomic E-state index is 12.5. The molecule has 1 unspecified atom stereocenters. The molecule has 0 bridgehead atoms. The van der Waals surface area contributed by atoms with E-state index in [-0.39, 0.29) is 17.1 Å². The minimum atomic E-state index is -4.14. The minimum absolute atomic E-state index is 0.0735. The molecule has 0 aliphatic rings. The average Bonchev–Trinajstić information content (AvgIpc) is 2.55. The van der Waals surface area contributed by atoms with Crippen molar-refractivity contribution in [3.63, 3.8) is 0 Å². The average molecular weight is 351 g/mol. The summed E-state index contributed by atoms with van der Waals surface area (Å²) in [6.45, 7) is -0.457. The Morgan fingerprint density at radius 1 is 1.08 bits per heavy atom. The van der Waals surface area contributed by atoms with Crippen molar-refractivity contribution in [1.82, 2.24) is 4.72 Å². The van der Waals surface area contributed by atoms with E-state index in [0.717, 1.165) is 0 Å². The molecule has 7 nitrogen and oxygen atoms in total. The molecule has 0 aromatic heterocycles. The summed E-state index contributed by atoms with van der Waals surface area (Å²) in [7, 11) is -4.14. The van der Waals surface area contributed by atoms with E-state index in [2.05, 4.69) is 4.72 Å². The van der Waals surface area contributed by atoms with Crippen LogP contribution in [0.15, 0.2) is 59.5 Å². The van der Waals surface area contributed by atoms with Crippen molar-refractivity contribution in [2.75, 3.05) is 6.61 Å². The molecule has 24 heavy (non-hydrogen) atoms. The third kappa shape index (κ3) is 4.54. The largest absolute Gasteiger partial charge is 0.480 e. The fourth-order valence-corrected chi connectivity index (χ4v) is 3.34. The highest BCUT2D eigenvalue weighted by atomic mass is 32.2. The molecule has 0 aliphatic heterocycles. The summed E-state index contributed by atoms with van der Waals surface area (Å²) >= 11 is 0. The number of benzene rings is 2. The molecule has 2 aromatic carbocycles. The van der Waals surface area contributed by atoms with E-state index in [1.54, 1.807) is 36.4 Å². The van der Waals surface area contributed by atoms with Gasteiger partial charge in [0, 0.05) is 6.61 Å². The number of para-hydroxylation sites is 2. The number of aliphatic hydroxyl groups is 1. The van der Waals surface area contributed by atoms with Crippen LogP contribution in [-0.4, -0.2) is 37.2 Å². The van der Waals surface area contributed by atoms with Gasteiger partial charge in [0.25, 0.3) is 0 Å². The molecule has 2 rings (SSSR count). The third-order valence-electron chi connectivity index (χ3n) is 3.12. The van der Waals surface area contributed by atoms with Crippen LogP contribution in [0.3, 0.4) is 0 Å². The molecule has 1 atom stereocenters. The summed E-state index contributed by atoms with van der Waals surface area (Å²) in [6, 6.07) is 13.1. The van der Waals surface area contributed by atoms with Crippen molar-refractivity contribution in [2.24, 2.45) is 0 Å². The van der Waals surface area contributed by atoms with Gasteiger partial charge < -0.3 is 14.9 Å². The molecular formula is C16H17NO6S. The van der Waals surface area contributed by atoms with Crippen molar-refractivity contribution >= 4 is 16.0 Å². The fraction of sp³-hybridized carbons (Fsp3) is 0.188. The van der Waals surface area contributed by atoms with E-state index in [4.69, 9.17) is 14.9 Å². The monoisotopic (exact) mass is 351 g/mol. The Bertz CT molecular complexity index is 791. The van der Waals surface area contributed by atoms with E-state index in [0.29, 0.717) is 5.75 Å². The summed E-state index contributed by atoms with van der Waals surface area (Å²) in [5.74, 6) is -0.844. The zero-order chi connectivity index (χ0) is 17.6. The molecule has 0 radical (unpaired) electrons. The Morgan fingerprint density at radius 2 is 1.71 bits per heavy atom. The van der Waals surface area contributed by atoms with E-state index in [1.807, 2.05) is 0 Å². The lowest BCUT2D eigenvalue weighted by Gasteiger charge is -2.16. The van der Waals surface area contributed by atoms with E-state index in [1.165, 1.54) is 18.2 Å². The first-order valence-corrected chi connectivity index (χ1v) is 8.60. The highest BCUT2D eigenvalue weighted by molar-refractivity contribution is 7.89. The molecule has 0 aliphatic carbocycles. The van der Waals surface area contributed by atoms with Gasteiger partial charge in [0.2, 0.25) is 10.0 Å². The van der Waals surface area contributed by atoms with Gasteiger partial charge in [-0.3, -0.25) is 4.79 Å². The van der Waals surface area contributed by atoms with Crippen LogP contribution in [0.2, 0.25) is 0 Å². The van der Waals surface area contributed by atoms with E-state index < -0.39 is 28.6 Å². The standard InChI is InChI=1S/C16H17NO6S/c18-11-10-13(16(19)20)17-24(21,22)15-9-5-4-8-14(15)23-12-6-2-1-3-7-12/h1-9,13,17-18H,10-11H2,(H,19,20). The Kier molecular flexibility index (Phi) is 5.91. The summed E-state index contributed by atoms with van der Waals surface area (Å²) in [6.07, 6.45) is -0.240. The second-order valence-electron chi connectivity index (χ2n) is 4.89. The first kappa shape index (κ1) is 17.9. The summed E-state index contributed by atoms with van der Waals surface area (Å²) < 4.78 is 32.6. The number of rotatable bonds is 8. The molecule has 0 saturated heterocycles. The molecule has 0 spiro atoms. The number of aliphatic carboxylic acids is 1. The minimum Gasteiger partial charge on any atom is -0.480 e. The first-order valence-electron chi connectivity index (χ1n) is 7.12. The number of carboxylic acids is 1. The first-order chi connectivity index (χ1) is 11.4. The van der Waals surface area contributed by atoms with Crippen LogP contribution < -0.4 is 9.46 Å². The number of hydrogen-bond acceptors (Lipinski definition) is 5. The van der Waals surface area contributed by atoms with Crippen molar-refractivity contribution in [2.45, 2.75) is 17.4 Å².